The third-order valence-electron chi connectivity index (χ3n) is 4.49. The first-order chi connectivity index (χ1) is 13.6. The first-order valence-electron chi connectivity index (χ1n) is 9.43. The molecule has 6 heteroatoms. The molecule has 0 aromatic heterocycles. The Morgan fingerprint density at radius 1 is 1.18 bits per heavy atom. The molecule has 3 rings (SSSR count). The minimum atomic E-state index is -0.184. The summed E-state index contributed by atoms with van der Waals surface area (Å²) >= 11 is 1.42. The maximum Gasteiger partial charge on any atom is 0.239 e. The highest BCUT2D eigenvalue weighted by Gasteiger charge is 2.30. The Morgan fingerprint density at radius 3 is 2.79 bits per heavy atom. The number of hydrogen-bond acceptors (Lipinski definition) is 5. The number of amides is 1. The molecule has 0 bridgehead atoms. The zero-order valence-electron chi connectivity index (χ0n) is 16.4. The second-order valence-electron chi connectivity index (χ2n) is 6.75. The number of carbonyl (C=O) groups excluding carboxylic acids is 1. The zero-order valence-corrected chi connectivity index (χ0v) is 17.3. The molecule has 0 radical (unpaired) electrons. The summed E-state index contributed by atoms with van der Waals surface area (Å²) in [5.41, 5.74) is 4.51. The Bertz CT molecular complexity index is 908. The van der Waals surface area contributed by atoms with Crippen LogP contribution in [0.2, 0.25) is 0 Å². The van der Waals surface area contributed by atoms with E-state index in [-0.39, 0.29) is 11.2 Å². The van der Waals surface area contributed by atoms with E-state index in [2.05, 4.69) is 54.5 Å². The molecule has 2 aromatic carbocycles. The normalized spacial score (nSPS) is 18.0. The number of carbonyl (C=O) groups is 1. The van der Waals surface area contributed by atoms with Crippen LogP contribution in [0, 0.1) is 13.8 Å². The molecule has 1 aliphatic heterocycles. The van der Waals surface area contributed by atoms with Gasteiger partial charge in [-0.1, -0.05) is 49.0 Å². The van der Waals surface area contributed by atoms with E-state index < -0.39 is 0 Å². The van der Waals surface area contributed by atoms with Crippen molar-refractivity contribution in [3.05, 3.63) is 64.7 Å². The van der Waals surface area contributed by atoms with E-state index in [4.69, 9.17) is 4.74 Å². The summed E-state index contributed by atoms with van der Waals surface area (Å²) in [5.74, 6) is 0.757. The van der Waals surface area contributed by atoms with Gasteiger partial charge in [0, 0.05) is 5.56 Å². The number of benzene rings is 2. The third kappa shape index (κ3) is 5.23. The van der Waals surface area contributed by atoms with Gasteiger partial charge in [0.25, 0.3) is 0 Å². The number of hydrogen-bond donors (Lipinski definition) is 1. The molecule has 1 amide bonds. The monoisotopic (exact) mass is 395 g/mol. The summed E-state index contributed by atoms with van der Waals surface area (Å²) in [6, 6.07) is 14.0. The van der Waals surface area contributed by atoms with Crippen LogP contribution in [0.25, 0.3) is 0 Å². The van der Waals surface area contributed by atoms with E-state index >= 15 is 0 Å². The minimum Gasteiger partial charge on any atom is -0.493 e. The summed E-state index contributed by atoms with van der Waals surface area (Å²) < 4.78 is 5.71. The molecule has 1 saturated heterocycles. The van der Waals surface area contributed by atoms with Gasteiger partial charge in [-0.25, -0.2) is 0 Å². The van der Waals surface area contributed by atoms with Crippen LogP contribution in [-0.2, 0) is 11.2 Å². The lowest BCUT2D eigenvalue weighted by Crippen LogP contribution is -2.26. The van der Waals surface area contributed by atoms with Crippen molar-refractivity contribution in [2.45, 2.75) is 38.9 Å². The second-order valence-corrected chi connectivity index (χ2v) is 7.95. The molecule has 0 aliphatic carbocycles. The molecule has 1 heterocycles. The molecule has 1 unspecified atom stereocenters. The molecule has 1 N–H and O–H groups in total. The quantitative estimate of drug-likeness (QED) is 0.563. The summed E-state index contributed by atoms with van der Waals surface area (Å²) in [7, 11) is 0. The van der Waals surface area contributed by atoms with Crippen LogP contribution in [0.5, 0.6) is 5.75 Å². The van der Waals surface area contributed by atoms with Crippen LogP contribution in [0.4, 0.5) is 0 Å². The molecule has 0 spiro atoms. The molecule has 1 aliphatic rings. The van der Waals surface area contributed by atoms with Gasteiger partial charge in [-0.2, -0.15) is 5.10 Å². The third-order valence-corrected chi connectivity index (χ3v) is 5.57. The second kappa shape index (κ2) is 9.55. The van der Waals surface area contributed by atoms with Crippen molar-refractivity contribution < 1.29 is 9.53 Å². The molecule has 1 fully saturated rings. The van der Waals surface area contributed by atoms with Gasteiger partial charge >= 0.3 is 0 Å². The first kappa shape index (κ1) is 20.1. The highest BCUT2D eigenvalue weighted by atomic mass is 32.2. The van der Waals surface area contributed by atoms with Crippen LogP contribution >= 0.6 is 11.8 Å². The van der Waals surface area contributed by atoms with Crippen molar-refractivity contribution in [2.75, 3.05) is 6.61 Å². The van der Waals surface area contributed by atoms with Crippen molar-refractivity contribution >= 4 is 29.1 Å². The van der Waals surface area contributed by atoms with E-state index in [1.165, 1.54) is 22.9 Å². The van der Waals surface area contributed by atoms with E-state index in [0.29, 0.717) is 18.2 Å². The molecule has 28 heavy (non-hydrogen) atoms. The summed E-state index contributed by atoms with van der Waals surface area (Å²) in [6.45, 7) is 6.90. The first-order valence-corrected chi connectivity index (χ1v) is 10.3. The predicted octanol–water partition coefficient (Wildman–Crippen LogP) is 4.26. The number of thioether (sulfide) groups is 1. The highest BCUT2D eigenvalue weighted by Crippen LogP contribution is 2.24. The lowest BCUT2D eigenvalue weighted by molar-refractivity contribution is -0.118. The van der Waals surface area contributed by atoms with Crippen molar-refractivity contribution in [1.29, 1.82) is 0 Å². The van der Waals surface area contributed by atoms with E-state index in [0.717, 1.165) is 23.3 Å². The fourth-order valence-electron chi connectivity index (χ4n) is 2.81. The molecule has 0 saturated carbocycles. The van der Waals surface area contributed by atoms with Gasteiger partial charge in [-0.3, -0.25) is 4.79 Å². The highest BCUT2D eigenvalue weighted by molar-refractivity contribution is 8.15. The predicted molar refractivity (Wildman–Crippen MR) is 116 cm³/mol. The van der Waals surface area contributed by atoms with Crippen molar-refractivity contribution in [3.8, 4) is 5.75 Å². The van der Waals surface area contributed by atoms with E-state index in [9.17, 15) is 4.79 Å². The van der Waals surface area contributed by atoms with Gasteiger partial charge in [-0.15, -0.1) is 5.10 Å². The lowest BCUT2D eigenvalue weighted by Gasteiger charge is -2.07. The van der Waals surface area contributed by atoms with E-state index in [1.54, 1.807) is 6.21 Å². The Hall–Kier alpha value is -2.60. The molecule has 146 valence electrons. The fourth-order valence-corrected chi connectivity index (χ4v) is 3.77. The Morgan fingerprint density at radius 2 is 2.00 bits per heavy atom. The average molecular weight is 396 g/mol. The van der Waals surface area contributed by atoms with Gasteiger partial charge < -0.3 is 10.1 Å². The van der Waals surface area contributed by atoms with Gasteiger partial charge in [0.1, 0.15) is 5.75 Å². The Labute approximate surface area is 170 Å². The number of amidine groups is 1. The smallest absolute Gasteiger partial charge is 0.239 e. The van der Waals surface area contributed by atoms with Crippen LogP contribution in [0.15, 0.2) is 52.7 Å². The van der Waals surface area contributed by atoms with Gasteiger partial charge in [-0.05, 0) is 55.5 Å². The minimum absolute atomic E-state index is 0.0242. The number of ether oxygens (including phenoxy) is 1. The zero-order chi connectivity index (χ0) is 19.9. The van der Waals surface area contributed by atoms with Crippen LogP contribution in [-0.4, -0.2) is 29.1 Å². The van der Waals surface area contributed by atoms with Crippen molar-refractivity contribution in [2.24, 2.45) is 10.2 Å². The lowest BCUT2D eigenvalue weighted by atomic mass is 10.0. The molecule has 2 aromatic rings. The molecule has 5 nitrogen and oxygen atoms in total. The standard InChI is InChI=1S/C22H25N3O2S/c1-4-11-27-19-8-6-5-7-18(19)14-23-25-22-24-21(26)20(28-22)13-17-10-9-15(2)16(3)12-17/h5-10,12,14,20H,4,11,13H2,1-3H3,(H,24,25,26). The van der Waals surface area contributed by atoms with Gasteiger partial charge in [0.2, 0.25) is 5.91 Å². The molecular weight excluding hydrogens is 370 g/mol. The van der Waals surface area contributed by atoms with E-state index in [1.807, 2.05) is 24.3 Å². The number of nitrogens with one attached hydrogen (secondary N) is 1. The number of nitrogens with zero attached hydrogens (tertiary/aromatic N) is 2. The topological polar surface area (TPSA) is 63.1 Å². The Kier molecular flexibility index (Phi) is 6.87. The SMILES string of the molecule is CCCOc1ccccc1C=NN=C1NC(=O)C(Cc2ccc(C)c(C)c2)S1. The van der Waals surface area contributed by atoms with Crippen molar-refractivity contribution in [3.63, 3.8) is 0 Å². The summed E-state index contributed by atoms with van der Waals surface area (Å²) in [5, 5.41) is 11.5. The fraction of sp³-hybridized carbons (Fsp3) is 0.318. The van der Waals surface area contributed by atoms with Crippen molar-refractivity contribution in [1.82, 2.24) is 5.32 Å². The molecule has 1 atom stereocenters. The van der Waals surface area contributed by atoms with Gasteiger partial charge in [0.15, 0.2) is 5.17 Å². The average Bonchev–Trinajstić information content (AvgIpc) is 3.03. The summed E-state index contributed by atoms with van der Waals surface area (Å²) in [4.78, 5) is 12.3. The van der Waals surface area contributed by atoms with Crippen LogP contribution in [0.3, 0.4) is 0 Å². The van der Waals surface area contributed by atoms with Crippen LogP contribution < -0.4 is 10.1 Å². The largest absolute Gasteiger partial charge is 0.493 e. The maximum atomic E-state index is 12.3. The molecular formula is C22H25N3O2S. The van der Waals surface area contributed by atoms with Crippen LogP contribution in [0.1, 0.15) is 35.6 Å². The summed E-state index contributed by atoms with van der Waals surface area (Å²) in [6.07, 6.45) is 3.27. The van der Waals surface area contributed by atoms with Gasteiger partial charge in [0.05, 0.1) is 18.1 Å². The maximum absolute atomic E-state index is 12.3. The number of rotatable bonds is 7. The number of aryl methyl sites for hydroxylation is 2. The Balaban J connectivity index is 1.64. The number of para-hydroxylation sites is 1.